The molecule has 0 saturated carbocycles. The first-order valence-electron chi connectivity index (χ1n) is 13.0. The van der Waals surface area contributed by atoms with Gasteiger partial charge in [-0.3, -0.25) is 9.59 Å². The Kier molecular flexibility index (Phi) is 8.26. The molecule has 1 aliphatic heterocycles. The zero-order valence-electron chi connectivity index (χ0n) is 21.1. The fraction of sp³-hybridized carbons (Fsp3) is 0.258. The highest BCUT2D eigenvalue weighted by atomic mass is 32.1. The van der Waals surface area contributed by atoms with Crippen molar-refractivity contribution in [2.45, 2.75) is 44.4 Å². The van der Waals surface area contributed by atoms with Gasteiger partial charge in [0.2, 0.25) is 5.91 Å². The predicted molar refractivity (Wildman–Crippen MR) is 149 cm³/mol. The van der Waals surface area contributed by atoms with Crippen LogP contribution in [-0.4, -0.2) is 39.5 Å². The van der Waals surface area contributed by atoms with Gasteiger partial charge in [0.1, 0.15) is 11.1 Å². The van der Waals surface area contributed by atoms with Crippen molar-refractivity contribution >= 4 is 23.2 Å². The van der Waals surface area contributed by atoms with Crippen molar-refractivity contribution in [1.82, 2.24) is 15.2 Å². The molecule has 4 aromatic rings. The standard InChI is InChI=1S/C31H31N3O3S/c35-28(31(37)34-17-9-16-27(34)23-12-5-2-6-13-23)19-29(36)32-20-30-33-25(21-38-30)18-24-14-7-8-15-26(24)22-10-3-1-4-11-22/h1-8,10-15,21,27-28,35H,9,16-20H2,(H,32,36)/t27?,28-/m1/s1. The normalized spacial score (nSPS) is 15.8. The molecule has 6 nitrogen and oxygen atoms in total. The molecule has 0 bridgehead atoms. The van der Waals surface area contributed by atoms with Crippen molar-refractivity contribution in [2.75, 3.05) is 6.54 Å². The Morgan fingerprint density at radius 1 is 1.00 bits per heavy atom. The van der Waals surface area contributed by atoms with Crippen molar-refractivity contribution in [2.24, 2.45) is 0 Å². The van der Waals surface area contributed by atoms with Gasteiger partial charge in [0.05, 0.1) is 24.7 Å². The quantitative estimate of drug-likeness (QED) is 0.317. The largest absolute Gasteiger partial charge is 0.383 e. The van der Waals surface area contributed by atoms with E-state index >= 15 is 0 Å². The molecule has 194 valence electrons. The van der Waals surface area contributed by atoms with E-state index in [9.17, 15) is 14.7 Å². The summed E-state index contributed by atoms with van der Waals surface area (Å²) < 4.78 is 0. The van der Waals surface area contributed by atoms with Gasteiger partial charge >= 0.3 is 0 Å². The second-order valence-electron chi connectivity index (χ2n) is 9.53. The van der Waals surface area contributed by atoms with Crippen molar-refractivity contribution in [3.63, 3.8) is 0 Å². The van der Waals surface area contributed by atoms with Crippen LogP contribution < -0.4 is 5.32 Å². The summed E-state index contributed by atoms with van der Waals surface area (Å²) in [6.45, 7) is 0.855. The van der Waals surface area contributed by atoms with Gasteiger partial charge in [-0.2, -0.15) is 0 Å². The van der Waals surface area contributed by atoms with Crippen molar-refractivity contribution in [3.05, 3.63) is 112 Å². The third-order valence-corrected chi connectivity index (χ3v) is 7.79. The Bertz CT molecular complexity index is 1370. The fourth-order valence-electron chi connectivity index (χ4n) is 5.03. The van der Waals surface area contributed by atoms with Crippen LogP contribution in [0, 0.1) is 0 Å². The molecule has 5 rings (SSSR count). The summed E-state index contributed by atoms with van der Waals surface area (Å²) in [4.78, 5) is 31.9. The summed E-state index contributed by atoms with van der Waals surface area (Å²) in [5.74, 6) is -0.757. The number of benzene rings is 3. The third kappa shape index (κ3) is 6.18. The lowest BCUT2D eigenvalue weighted by atomic mass is 9.97. The summed E-state index contributed by atoms with van der Waals surface area (Å²) in [5.41, 5.74) is 5.54. The first-order chi connectivity index (χ1) is 18.6. The number of aliphatic hydroxyl groups is 1. The number of likely N-dealkylation sites (tertiary alicyclic amines) is 1. The minimum absolute atomic E-state index is 0.0535. The number of nitrogens with one attached hydrogen (secondary N) is 1. The van der Waals surface area contributed by atoms with Gasteiger partial charge in [0, 0.05) is 18.3 Å². The maximum absolute atomic E-state index is 12.9. The SMILES string of the molecule is O=C(C[C@@H](O)C(=O)N1CCCC1c1ccccc1)NCc1nc(Cc2ccccc2-c2ccccc2)cs1. The average Bonchev–Trinajstić information content (AvgIpc) is 3.63. The van der Waals surface area contributed by atoms with Gasteiger partial charge in [0.25, 0.3) is 5.91 Å². The van der Waals surface area contributed by atoms with E-state index in [2.05, 4.69) is 29.6 Å². The summed E-state index contributed by atoms with van der Waals surface area (Å²) >= 11 is 1.49. The molecule has 1 aliphatic rings. The van der Waals surface area contributed by atoms with E-state index in [1.807, 2.05) is 66.0 Å². The maximum Gasteiger partial charge on any atom is 0.252 e. The molecule has 1 unspecified atom stereocenters. The van der Waals surface area contributed by atoms with Gasteiger partial charge in [0.15, 0.2) is 0 Å². The van der Waals surface area contributed by atoms with Gasteiger partial charge in [-0.05, 0) is 35.1 Å². The zero-order valence-corrected chi connectivity index (χ0v) is 21.9. The third-order valence-electron chi connectivity index (χ3n) is 6.89. The predicted octanol–water partition coefficient (Wildman–Crippen LogP) is 5.13. The lowest BCUT2D eigenvalue weighted by molar-refractivity contribution is -0.144. The highest BCUT2D eigenvalue weighted by Crippen LogP contribution is 2.32. The van der Waals surface area contributed by atoms with E-state index in [0.717, 1.165) is 29.1 Å². The molecule has 0 aliphatic carbocycles. The average molecular weight is 526 g/mol. The fourth-order valence-corrected chi connectivity index (χ4v) is 5.77. The van der Waals surface area contributed by atoms with Gasteiger partial charge in [-0.1, -0.05) is 84.9 Å². The molecule has 2 heterocycles. The number of nitrogens with zero attached hydrogens (tertiary/aromatic N) is 2. The maximum atomic E-state index is 12.9. The first-order valence-corrected chi connectivity index (χ1v) is 13.8. The number of hydrogen-bond donors (Lipinski definition) is 2. The number of rotatable bonds is 9. The molecule has 1 fully saturated rings. The van der Waals surface area contributed by atoms with Crippen LogP contribution in [0.15, 0.2) is 90.3 Å². The highest BCUT2D eigenvalue weighted by Gasteiger charge is 2.34. The highest BCUT2D eigenvalue weighted by molar-refractivity contribution is 7.09. The van der Waals surface area contributed by atoms with E-state index in [0.29, 0.717) is 13.0 Å². The molecular formula is C31H31N3O3S. The second-order valence-corrected chi connectivity index (χ2v) is 10.5. The smallest absolute Gasteiger partial charge is 0.252 e. The van der Waals surface area contributed by atoms with Crippen LogP contribution in [0.3, 0.4) is 0 Å². The number of aliphatic hydroxyl groups excluding tert-OH is 1. The molecule has 7 heteroatoms. The monoisotopic (exact) mass is 525 g/mol. The topological polar surface area (TPSA) is 82.5 Å². The molecular weight excluding hydrogens is 494 g/mol. The molecule has 2 atom stereocenters. The van der Waals surface area contributed by atoms with E-state index in [4.69, 9.17) is 4.98 Å². The van der Waals surface area contributed by atoms with Gasteiger partial charge < -0.3 is 15.3 Å². The molecule has 0 spiro atoms. The minimum atomic E-state index is -1.36. The van der Waals surface area contributed by atoms with E-state index in [-0.39, 0.29) is 30.8 Å². The Morgan fingerprint density at radius 2 is 1.71 bits per heavy atom. The lowest BCUT2D eigenvalue weighted by Crippen LogP contribution is -2.41. The number of carbonyl (C=O) groups excluding carboxylic acids is 2. The minimum Gasteiger partial charge on any atom is -0.383 e. The Labute approximate surface area is 227 Å². The summed E-state index contributed by atoms with van der Waals surface area (Å²) in [7, 11) is 0. The molecule has 2 amide bonds. The van der Waals surface area contributed by atoms with Crippen LogP contribution in [0.1, 0.15) is 47.1 Å². The number of amides is 2. The lowest BCUT2D eigenvalue weighted by Gasteiger charge is -2.27. The number of hydrogen-bond acceptors (Lipinski definition) is 5. The zero-order chi connectivity index (χ0) is 26.3. The number of thiazole rings is 1. The van der Waals surface area contributed by atoms with Gasteiger partial charge in [-0.25, -0.2) is 4.98 Å². The Balaban J connectivity index is 1.14. The molecule has 3 aromatic carbocycles. The Hall–Kier alpha value is -3.81. The summed E-state index contributed by atoms with van der Waals surface area (Å²) in [6.07, 6.45) is 0.810. The van der Waals surface area contributed by atoms with Crippen molar-refractivity contribution < 1.29 is 14.7 Å². The molecule has 38 heavy (non-hydrogen) atoms. The molecule has 2 N–H and O–H groups in total. The van der Waals surface area contributed by atoms with Crippen molar-refractivity contribution in [1.29, 1.82) is 0 Å². The van der Waals surface area contributed by atoms with E-state index < -0.39 is 6.10 Å². The Morgan fingerprint density at radius 3 is 2.50 bits per heavy atom. The van der Waals surface area contributed by atoms with Gasteiger partial charge in [-0.15, -0.1) is 11.3 Å². The van der Waals surface area contributed by atoms with E-state index in [1.165, 1.54) is 28.0 Å². The first kappa shape index (κ1) is 25.8. The number of aromatic nitrogens is 1. The summed E-state index contributed by atoms with van der Waals surface area (Å²) in [6, 6.07) is 28.4. The van der Waals surface area contributed by atoms with Crippen LogP contribution in [0.25, 0.3) is 11.1 Å². The second kappa shape index (κ2) is 12.2. The van der Waals surface area contributed by atoms with Crippen LogP contribution in [-0.2, 0) is 22.6 Å². The molecule has 1 aromatic heterocycles. The molecule has 1 saturated heterocycles. The van der Waals surface area contributed by atoms with Crippen LogP contribution in [0.5, 0.6) is 0 Å². The van der Waals surface area contributed by atoms with Crippen LogP contribution in [0.2, 0.25) is 0 Å². The summed E-state index contributed by atoms with van der Waals surface area (Å²) in [5, 5.41) is 16.1. The molecule has 0 radical (unpaired) electrons. The van der Waals surface area contributed by atoms with Crippen molar-refractivity contribution in [3.8, 4) is 11.1 Å². The number of carbonyl (C=O) groups is 2. The van der Waals surface area contributed by atoms with Crippen LogP contribution >= 0.6 is 11.3 Å². The van der Waals surface area contributed by atoms with Crippen LogP contribution in [0.4, 0.5) is 0 Å². The van der Waals surface area contributed by atoms with E-state index in [1.54, 1.807) is 4.90 Å².